The van der Waals surface area contributed by atoms with E-state index in [4.69, 9.17) is 19.7 Å². The molecule has 0 fully saturated rings. The van der Waals surface area contributed by atoms with Crippen LogP contribution in [0.3, 0.4) is 0 Å². The molecule has 0 spiro atoms. The molecule has 0 aromatic heterocycles. The zero-order valence-electron chi connectivity index (χ0n) is 10.6. The van der Waals surface area contributed by atoms with Gasteiger partial charge in [-0.3, -0.25) is 4.79 Å². The number of ether oxygens (including phenoxy) is 2. The number of carbonyl (C=O) groups is 2. The molecule has 1 aromatic rings. The summed E-state index contributed by atoms with van der Waals surface area (Å²) < 4.78 is 10.5. The first-order valence-electron chi connectivity index (χ1n) is 5.80. The van der Waals surface area contributed by atoms with Crippen molar-refractivity contribution in [1.82, 2.24) is 0 Å². The lowest BCUT2D eigenvalue weighted by atomic mass is 10.2. The van der Waals surface area contributed by atoms with E-state index in [1.165, 1.54) is 25.3 Å². The summed E-state index contributed by atoms with van der Waals surface area (Å²) in [6.45, 7) is 0.357. The van der Waals surface area contributed by atoms with Gasteiger partial charge in [0.05, 0.1) is 19.3 Å². The third-order valence-corrected chi connectivity index (χ3v) is 2.45. The maximum absolute atomic E-state index is 10.8. The van der Waals surface area contributed by atoms with Gasteiger partial charge < -0.3 is 19.7 Å². The van der Waals surface area contributed by atoms with E-state index in [0.29, 0.717) is 30.9 Å². The minimum absolute atomic E-state index is 0.110. The molecule has 0 amide bonds. The van der Waals surface area contributed by atoms with Crippen LogP contribution in [0.4, 0.5) is 0 Å². The third-order valence-electron chi connectivity index (χ3n) is 2.45. The van der Waals surface area contributed by atoms with Crippen LogP contribution in [0.5, 0.6) is 11.5 Å². The predicted molar refractivity (Wildman–Crippen MR) is 66.9 cm³/mol. The normalized spacial score (nSPS) is 9.95. The van der Waals surface area contributed by atoms with Crippen molar-refractivity contribution in [2.24, 2.45) is 0 Å². The van der Waals surface area contributed by atoms with Crippen molar-refractivity contribution in [2.45, 2.75) is 19.3 Å². The summed E-state index contributed by atoms with van der Waals surface area (Å²) in [6.07, 6.45) is 1.25. The second-order valence-corrected chi connectivity index (χ2v) is 3.87. The Balaban J connectivity index is 2.53. The van der Waals surface area contributed by atoms with Gasteiger partial charge in [0, 0.05) is 6.42 Å². The molecule has 1 aromatic carbocycles. The van der Waals surface area contributed by atoms with E-state index in [1.807, 2.05) is 0 Å². The second-order valence-electron chi connectivity index (χ2n) is 3.87. The van der Waals surface area contributed by atoms with Crippen LogP contribution in [-0.4, -0.2) is 35.9 Å². The van der Waals surface area contributed by atoms with E-state index in [2.05, 4.69) is 0 Å². The molecule has 0 unspecified atom stereocenters. The zero-order chi connectivity index (χ0) is 14.3. The van der Waals surface area contributed by atoms with E-state index in [1.54, 1.807) is 0 Å². The van der Waals surface area contributed by atoms with Crippen molar-refractivity contribution >= 4 is 11.9 Å². The molecule has 0 heterocycles. The molecule has 0 aliphatic rings. The number of methoxy groups -OCH3 is 1. The van der Waals surface area contributed by atoms with Gasteiger partial charge in [0.15, 0.2) is 11.5 Å². The van der Waals surface area contributed by atoms with Gasteiger partial charge in [0.2, 0.25) is 0 Å². The molecule has 0 bridgehead atoms. The molecular formula is C13H16O6. The summed E-state index contributed by atoms with van der Waals surface area (Å²) in [5.41, 5.74) is 0.120. The van der Waals surface area contributed by atoms with Crippen LogP contribution < -0.4 is 9.47 Å². The van der Waals surface area contributed by atoms with Gasteiger partial charge in [-0.25, -0.2) is 4.79 Å². The Labute approximate surface area is 110 Å². The van der Waals surface area contributed by atoms with E-state index in [9.17, 15) is 9.59 Å². The van der Waals surface area contributed by atoms with Gasteiger partial charge in [-0.05, 0) is 31.0 Å². The zero-order valence-corrected chi connectivity index (χ0v) is 10.6. The topological polar surface area (TPSA) is 93.1 Å². The van der Waals surface area contributed by atoms with Crippen LogP contribution in [0.2, 0.25) is 0 Å². The van der Waals surface area contributed by atoms with Crippen LogP contribution >= 0.6 is 0 Å². The number of hydrogen-bond donors (Lipinski definition) is 2. The Morgan fingerprint density at radius 1 is 1.16 bits per heavy atom. The van der Waals surface area contributed by atoms with Crippen molar-refractivity contribution in [2.75, 3.05) is 13.7 Å². The molecule has 0 saturated heterocycles. The highest BCUT2D eigenvalue weighted by Crippen LogP contribution is 2.28. The van der Waals surface area contributed by atoms with Gasteiger partial charge in [0.1, 0.15) is 0 Å². The Bertz CT molecular complexity index is 454. The fourth-order valence-electron chi connectivity index (χ4n) is 1.48. The Morgan fingerprint density at radius 2 is 1.89 bits per heavy atom. The minimum Gasteiger partial charge on any atom is -0.493 e. The van der Waals surface area contributed by atoms with Crippen molar-refractivity contribution in [3.05, 3.63) is 23.8 Å². The molecule has 104 valence electrons. The quantitative estimate of drug-likeness (QED) is 0.701. The van der Waals surface area contributed by atoms with Crippen LogP contribution in [-0.2, 0) is 4.79 Å². The molecule has 19 heavy (non-hydrogen) atoms. The number of carboxylic acids is 2. The number of aliphatic carboxylic acids is 1. The monoisotopic (exact) mass is 268 g/mol. The number of rotatable bonds is 8. The maximum atomic E-state index is 10.8. The highest BCUT2D eigenvalue weighted by Gasteiger charge is 2.09. The summed E-state index contributed by atoms with van der Waals surface area (Å²) in [6, 6.07) is 4.34. The average Bonchev–Trinajstić information content (AvgIpc) is 2.37. The van der Waals surface area contributed by atoms with Crippen molar-refractivity contribution in [3.8, 4) is 11.5 Å². The molecule has 2 N–H and O–H groups in total. The van der Waals surface area contributed by atoms with Crippen molar-refractivity contribution < 1.29 is 29.3 Å². The third kappa shape index (κ3) is 4.87. The fraction of sp³-hybridized carbons (Fsp3) is 0.385. The first-order valence-corrected chi connectivity index (χ1v) is 5.80. The van der Waals surface area contributed by atoms with Gasteiger partial charge >= 0.3 is 11.9 Å². The molecule has 1 rings (SSSR count). The van der Waals surface area contributed by atoms with Gasteiger partial charge in [-0.2, -0.15) is 0 Å². The second kappa shape index (κ2) is 7.25. The average molecular weight is 268 g/mol. The first-order chi connectivity index (χ1) is 9.04. The lowest BCUT2D eigenvalue weighted by Gasteiger charge is -2.10. The van der Waals surface area contributed by atoms with Crippen LogP contribution in [0.15, 0.2) is 18.2 Å². The molecule has 0 aliphatic carbocycles. The fourth-order valence-corrected chi connectivity index (χ4v) is 1.48. The SMILES string of the molecule is COc1cc(C(=O)O)ccc1OCCCCC(=O)O. The number of carboxylic acid groups (broad SMARTS) is 2. The first kappa shape index (κ1) is 14.8. The molecule has 6 heteroatoms. The summed E-state index contributed by atoms with van der Waals surface area (Å²) in [4.78, 5) is 21.1. The number of unbranched alkanes of at least 4 members (excludes halogenated alkanes) is 1. The molecule has 0 aliphatic heterocycles. The standard InChI is InChI=1S/C13H16O6/c1-18-11-8-9(13(16)17)5-6-10(11)19-7-3-2-4-12(14)15/h5-6,8H,2-4,7H2,1H3,(H,14,15)(H,16,17). The molecule has 6 nitrogen and oxygen atoms in total. The van der Waals surface area contributed by atoms with Gasteiger partial charge in [-0.1, -0.05) is 0 Å². The maximum Gasteiger partial charge on any atom is 0.335 e. The highest BCUT2D eigenvalue weighted by molar-refractivity contribution is 5.88. The summed E-state index contributed by atoms with van der Waals surface area (Å²) in [5.74, 6) is -1.07. The lowest BCUT2D eigenvalue weighted by Crippen LogP contribution is -2.03. The smallest absolute Gasteiger partial charge is 0.335 e. The Hall–Kier alpha value is -2.24. The van der Waals surface area contributed by atoms with E-state index >= 15 is 0 Å². The predicted octanol–water partition coefficient (Wildman–Crippen LogP) is 2.03. The van der Waals surface area contributed by atoms with Crippen LogP contribution in [0.25, 0.3) is 0 Å². The van der Waals surface area contributed by atoms with E-state index < -0.39 is 11.9 Å². The van der Waals surface area contributed by atoms with E-state index in [-0.39, 0.29) is 12.0 Å². The van der Waals surface area contributed by atoms with E-state index in [0.717, 1.165) is 0 Å². The van der Waals surface area contributed by atoms with Gasteiger partial charge in [-0.15, -0.1) is 0 Å². The number of hydrogen-bond acceptors (Lipinski definition) is 4. The van der Waals surface area contributed by atoms with Crippen LogP contribution in [0, 0.1) is 0 Å². The van der Waals surface area contributed by atoms with Crippen molar-refractivity contribution in [3.63, 3.8) is 0 Å². The molecular weight excluding hydrogens is 252 g/mol. The van der Waals surface area contributed by atoms with Crippen molar-refractivity contribution in [1.29, 1.82) is 0 Å². The highest BCUT2D eigenvalue weighted by atomic mass is 16.5. The summed E-state index contributed by atoms with van der Waals surface area (Å²) in [5, 5.41) is 17.3. The lowest BCUT2D eigenvalue weighted by molar-refractivity contribution is -0.137. The minimum atomic E-state index is -1.04. The number of aromatic carboxylic acids is 1. The Morgan fingerprint density at radius 3 is 2.47 bits per heavy atom. The number of benzene rings is 1. The molecule has 0 saturated carbocycles. The largest absolute Gasteiger partial charge is 0.493 e. The summed E-state index contributed by atoms with van der Waals surface area (Å²) in [7, 11) is 1.43. The van der Waals surface area contributed by atoms with Gasteiger partial charge in [0.25, 0.3) is 0 Å². The summed E-state index contributed by atoms with van der Waals surface area (Å²) >= 11 is 0. The van der Waals surface area contributed by atoms with Crippen LogP contribution in [0.1, 0.15) is 29.6 Å². The Kier molecular flexibility index (Phi) is 5.66. The molecule has 0 atom stereocenters. The molecule has 0 radical (unpaired) electrons.